The lowest BCUT2D eigenvalue weighted by Crippen LogP contribution is -2.13. The fourth-order valence-corrected chi connectivity index (χ4v) is 4.16. The number of halogens is 1. The molecule has 0 aliphatic rings. The highest BCUT2D eigenvalue weighted by atomic mass is 35.5. The summed E-state index contributed by atoms with van der Waals surface area (Å²) in [5.41, 5.74) is 8.47. The minimum Gasteiger partial charge on any atom is -0.497 e. The van der Waals surface area contributed by atoms with Gasteiger partial charge >= 0.3 is 0 Å². The third-order valence-electron chi connectivity index (χ3n) is 4.43. The van der Waals surface area contributed by atoms with Crippen molar-refractivity contribution in [2.45, 2.75) is 5.16 Å². The van der Waals surface area contributed by atoms with Crippen LogP contribution < -0.4 is 10.5 Å². The van der Waals surface area contributed by atoms with Gasteiger partial charge in [0.1, 0.15) is 5.75 Å². The third kappa shape index (κ3) is 4.99. The predicted octanol–water partition coefficient (Wildman–Crippen LogP) is 6.06. The van der Waals surface area contributed by atoms with E-state index in [2.05, 4.69) is 9.98 Å². The number of thioether (sulfide) groups is 1. The monoisotopic (exact) mass is 479 g/mol. The highest BCUT2D eigenvalue weighted by molar-refractivity contribution is 8.13. The highest BCUT2D eigenvalue weighted by Crippen LogP contribution is 2.28. The molecule has 0 fully saturated rings. The number of ether oxygens (including phenoxy) is 1. The quantitative estimate of drug-likeness (QED) is 0.162. The van der Waals surface area contributed by atoms with Gasteiger partial charge in [0.25, 0.3) is 0 Å². The molecule has 1 aromatic heterocycles. The fourth-order valence-electron chi connectivity index (χ4n) is 2.90. The number of rotatable bonds is 5. The van der Waals surface area contributed by atoms with Gasteiger partial charge in [-0.25, -0.2) is 9.98 Å². The molecule has 0 spiro atoms. The Morgan fingerprint density at radius 3 is 2.38 bits per heavy atom. The van der Waals surface area contributed by atoms with Crippen LogP contribution in [0.15, 0.2) is 89.0 Å². The molecule has 4 aromatic rings. The summed E-state index contributed by atoms with van der Waals surface area (Å²) in [6.07, 6.45) is 0. The summed E-state index contributed by atoms with van der Waals surface area (Å²) >= 11 is 13.0. The largest absolute Gasteiger partial charge is 0.497 e. The van der Waals surface area contributed by atoms with Gasteiger partial charge in [-0.1, -0.05) is 54.1 Å². The normalized spacial score (nSPS) is 11.4. The van der Waals surface area contributed by atoms with E-state index >= 15 is 0 Å². The molecule has 0 atom stereocenters. The molecule has 0 saturated heterocycles. The zero-order valence-electron chi connectivity index (χ0n) is 17.0. The summed E-state index contributed by atoms with van der Waals surface area (Å²) in [6.45, 7) is 0. The summed E-state index contributed by atoms with van der Waals surface area (Å²) in [7, 11) is 1.62. The van der Waals surface area contributed by atoms with Crippen molar-refractivity contribution in [1.82, 2.24) is 14.5 Å². The number of aliphatic imine (C=N–C) groups is 1. The standard InChI is InChI=1S/C23H18ClN5OS2/c1-30-17-13-11-16(12-14-17)29-22(31)27-20(15-7-3-2-4-8-15)28-23(29)32-21(25)26-19-10-6-5-9-18(19)24/h2-14H,1H3,(H2,25,26). The molecule has 0 unspecified atom stereocenters. The Bertz CT molecular complexity index is 1320. The Morgan fingerprint density at radius 2 is 1.69 bits per heavy atom. The van der Waals surface area contributed by atoms with Crippen molar-refractivity contribution in [2.75, 3.05) is 7.11 Å². The van der Waals surface area contributed by atoms with Crippen LogP contribution in [-0.4, -0.2) is 26.8 Å². The van der Waals surface area contributed by atoms with Gasteiger partial charge in [0.05, 0.1) is 23.5 Å². The first kappa shape index (κ1) is 22.0. The maximum absolute atomic E-state index is 6.26. The lowest BCUT2D eigenvalue weighted by Gasteiger charge is -2.14. The number of para-hydroxylation sites is 1. The molecule has 2 N–H and O–H groups in total. The van der Waals surface area contributed by atoms with Gasteiger partial charge in [-0.15, -0.1) is 0 Å². The highest BCUT2D eigenvalue weighted by Gasteiger charge is 2.14. The lowest BCUT2D eigenvalue weighted by atomic mass is 10.2. The number of nitrogens with zero attached hydrogens (tertiary/aromatic N) is 4. The second-order valence-corrected chi connectivity index (χ2v) is 8.28. The van der Waals surface area contributed by atoms with Gasteiger partial charge < -0.3 is 10.5 Å². The fraction of sp³-hybridized carbons (Fsp3) is 0.0435. The van der Waals surface area contributed by atoms with Crippen LogP contribution in [0.25, 0.3) is 17.1 Å². The molecule has 0 amide bonds. The Hall–Kier alpha value is -3.20. The number of amidine groups is 1. The van der Waals surface area contributed by atoms with E-state index in [1.54, 1.807) is 23.8 Å². The van der Waals surface area contributed by atoms with Crippen LogP contribution >= 0.6 is 35.6 Å². The van der Waals surface area contributed by atoms with E-state index in [4.69, 9.17) is 39.3 Å². The first-order valence-corrected chi connectivity index (χ1v) is 11.1. The molecule has 3 aromatic carbocycles. The van der Waals surface area contributed by atoms with Gasteiger partial charge in [0.15, 0.2) is 16.1 Å². The van der Waals surface area contributed by atoms with Crippen LogP contribution in [0.3, 0.4) is 0 Å². The summed E-state index contributed by atoms with van der Waals surface area (Å²) in [4.78, 5) is 13.7. The van der Waals surface area contributed by atoms with E-state index in [1.807, 2.05) is 66.7 Å². The van der Waals surface area contributed by atoms with E-state index in [9.17, 15) is 0 Å². The number of aromatic nitrogens is 3. The van der Waals surface area contributed by atoms with Gasteiger partial charge in [0.2, 0.25) is 4.77 Å². The molecule has 0 bridgehead atoms. The Labute approximate surface area is 199 Å². The SMILES string of the molecule is COc1ccc(-n2c(SC(N)=Nc3ccccc3Cl)nc(-c3ccccc3)nc2=S)cc1. The van der Waals surface area contributed by atoms with Crippen molar-refractivity contribution in [1.29, 1.82) is 0 Å². The van der Waals surface area contributed by atoms with E-state index < -0.39 is 0 Å². The molecule has 9 heteroatoms. The minimum absolute atomic E-state index is 0.271. The summed E-state index contributed by atoms with van der Waals surface area (Å²) in [6, 6.07) is 24.3. The van der Waals surface area contributed by atoms with Crippen molar-refractivity contribution in [3.8, 4) is 22.8 Å². The molecule has 32 heavy (non-hydrogen) atoms. The first-order valence-electron chi connectivity index (χ1n) is 9.52. The van der Waals surface area contributed by atoms with E-state index in [0.29, 0.717) is 26.5 Å². The Morgan fingerprint density at radius 1 is 1.00 bits per heavy atom. The van der Waals surface area contributed by atoms with Gasteiger partial charge in [-0.3, -0.25) is 4.57 Å². The Kier molecular flexibility index (Phi) is 6.84. The van der Waals surface area contributed by atoms with Crippen LogP contribution in [-0.2, 0) is 0 Å². The van der Waals surface area contributed by atoms with Crippen molar-refractivity contribution in [3.63, 3.8) is 0 Å². The second-order valence-electron chi connectivity index (χ2n) is 6.52. The molecular formula is C23H18ClN5OS2. The molecule has 0 aliphatic heterocycles. The molecule has 0 radical (unpaired) electrons. The van der Waals surface area contributed by atoms with E-state index in [0.717, 1.165) is 17.0 Å². The van der Waals surface area contributed by atoms with E-state index in [1.165, 1.54) is 11.8 Å². The van der Waals surface area contributed by atoms with Crippen molar-refractivity contribution < 1.29 is 4.74 Å². The Balaban J connectivity index is 1.82. The lowest BCUT2D eigenvalue weighted by molar-refractivity contribution is 0.414. The first-order chi connectivity index (χ1) is 15.5. The molecule has 4 rings (SSSR count). The van der Waals surface area contributed by atoms with Crippen LogP contribution in [0, 0.1) is 4.77 Å². The van der Waals surface area contributed by atoms with Crippen LogP contribution in [0.4, 0.5) is 5.69 Å². The molecule has 0 aliphatic carbocycles. The van der Waals surface area contributed by atoms with Gasteiger partial charge in [-0.2, -0.15) is 4.98 Å². The van der Waals surface area contributed by atoms with Crippen LogP contribution in [0.5, 0.6) is 5.75 Å². The number of methoxy groups -OCH3 is 1. The van der Waals surface area contributed by atoms with Gasteiger partial charge in [0, 0.05) is 5.56 Å². The zero-order chi connectivity index (χ0) is 22.5. The third-order valence-corrected chi connectivity index (χ3v) is 5.78. The number of benzene rings is 3. The van der Waals surface area contributed by atoms with Crippen LogP contribution in [0.2, 0.25) is 5.02 Å². The summed E-state index contributed by atoms with van der Waals surface area (Å²) in [5.74, 6) is 1.24. The molecule has 160 valence electrons. The molecule has 0 saturated carbocycles. The minimum atomic E-state index is 0.271. The molecular weight excluding hydrogens is 462 g/mol. The van der Waals surface area contributed by atoms with Crippen molar-refractivity contribution >= 4 is 46.4 Å². The maximum Gasteiger partial charge on any atom is 0.208 e. The maximum atomic E-state index is 6.26. The average Bonchev–Trinajstić information content (AvgIpc) is 2.81. The smallest absolute Gasteiger partial charge is 0.208 e. The van der Waals surface area contributed by atoms with Crippen molar-refractivity contribution in [2.24, 2.45) is 10.7 Å². The average molecular weight is 480 g/mol. The van der Waals surface area contributed by atoms with E-state index in [-0.39, 0.29) is 5.17 Å². The van der Waals surface area contributed by atoms with Gasteiger partial charge in [-0.05, 0) is 60.4 Å². The second kappa shape index (κ2) is 9.95. The van der Waals surface area contributed by atoms with Crippen molar-refractivity contribution in [3.05, 3.63) is 88.7 Å². The van der Waals surface area contributed by atoms with Crippen LogP contribution in [0.1, 0.15) is 0 Å². The topological polar surface area (TPSA) is 78.3 Å². The summed E-state index contributed by atoms with van der Waals surface area (Å²) in [5, 5.41) is 1.31. The predicted molar refractivity (Wildman–Crippen MR) is 133 cm³/mol. The number of hydrogen-bond donors (Lipinski definition) is 1. The molecule has 1 heterocycles. The summed E-state index contributed by atoms with van der Waals surface area (Å²) < 4.78 is 7.36. The number of nitrogens with two attached hydrogens (primary N) is 1. The number of hydrogen-bond acceptors (Lipinski definition) is 6. The zero-order valence-corrected chi connectivity index (χ0v) is 19.4. The molecule has 6 nitrogen and oxygen atoms in total.